The molecule has 2 aliphatic carbocycles. The fourth-order valence-electron chi connectivity index (χ4n) is 5.24. The van der Waals surface area contributed by atoms with Crippen molar-refractivity contribution >= 4 is 26.9 Å². The average molecular weight is 420 g/mol. The smallest absolute Gasteiger partial charge is 0.214 e. The van der Waals surface area contributed by atoms with E-state index in [9.17, 15) is 8.42 Å². The third-order valence-corrected chi connectivity index (χ3v) is 8.98. The molecule has 29 heavy (non-hydrogen) atoms. The van der Waals surface area contributed by atoms with Gasteiger partial charge < -0.3 is 14.6 Å². The molecule has 9 heteroatoms. The van der Waals surface area contributed by atoms with Crippen LogP contribution in [0.3, 0.4) is 0 Å². The molecular weight excluding hydrogens is 390 g/mol. The van der Waals surface area contributed by atoms with Gasteiger partial charge in [0.2, 0.25) is 10.0 Å². The van der Waals surface area contributed by atoms with Crippen molar-refractivity contribution in [2.45, 2.75) is 50.2 Å². The van der Waals surface area contributed by atoms with Crippen molar-refractivity contribution in [3.05, 3.63) is 18.6 Å². The van der Waals surface area contributed by atoms with Crippen LogP contribution >= 0.6 is 0 Å². The Hall–Kier alpha value is -1.71. The number of hydrogen-bond donors (Lipinski definition) is 1. The predicted octanol–water partition coefficient (Wildman–Crippen LogP) is 2.15. The van der Waals surface area contributed by atoms with Crippen LogP contribution in [-0.2, 0) is 14.8 Å². The molecule has 0 amide bonds. The largest absolute Gasteiger partial charge is 0.372 e. The maximum absolute atomic E-state index is 13.0. The van der Waals surface area contributed by atoms with Crippen molar-refractivity contribution in [2.75, 3.05) is 37.4 Å². The highest BCUT2D eigenvalue weighted by Crippen LogP contribution is 2.39. The number of rotatable bonds is 5. The molecule has 158 valence electrons. The number of aromatic amines is 1. The summed E-state index contributed by atoms with van der Waals surface area (Å²) in [6, 6.07) is 2.30. The fraction of sp³-hybridized carbons (Fsp3) is 0.700. The second kappa shape index (κ2) is 7.21. The highest BCUT2D eigenvalue weighted by molar-refractivity contribution is 7.89. The number of anilines is 1. The summed E-state index contributed by atoms with van der Waals surface area (Å²) in [5.74, 6) is 1.36. The Morgan fingerprint density at radius 2 is 2.10 bits per heavy atom. The minimum absolute atomic E-state index is 0.207. The van der Waals surface area contributed by atoms with Gasteiger partial charge in [0, 0.05) is 32.4 Å². The SMILES string of the molecule is CN(c1ncnc2[nH]ccc12)[C@H]1C[C@@H](CS(=O)(=O)N2CCOC3(CCCC3)C2)C1. The minimum Gasteiger partial charge on any atom is -0.372 e. The number of fused-ring (bicyclic) bond motifs is 1. The van der Waals surface area contributed by atoms with Gasteiger partial charge in [-0.05, 0) is 37.7 Å². The molecule has 3 aliphatic rings. The Kier molecular flexibility index (Phi) is 4.79. The summed E-state index contributed by atoms with van der Waals surface area (Å²) in [7, 11) is -1.20. The maximum atomic E-state index is 13.0. The van der Waals surface area contributed by atoms with E-state index in [2.05, 4.69) is 19.9 Å². The summed E-state index contributed by atoms with van der Waals surface area (Å²) in [5, 5.41) is 1.00. The zero-order chi connectivity index (χ0) is 20.1. The van der Waals surface area contributed by atoms with Crippen molar-refractivity contribution in [2.24, 2.45) is 5.92 Å². The lowest BCUT2D eigenvalue weighted by atomic mass is 9.81. The summed E-state index contributed by atoms with van der Waals surface area (Å²) in [4.78, 5) is 14.0. The summed E-state index contributed by atoms with van der Waals surface area (Å²) in [6.07, 6.45) is 9.45. The van der Waals surface area contributed by atoms with Gasteiger partial charge in [-0.1, -0.05) is 12.8 Å². The van der Waals surface area contributed by atoms with Gasteiger partial charge in [0.05, 0.1) is 23.3 Å². The second-order valence-electron chi connectivity index (χ2n) is 8.89. The van der Waals surface area contributed by atoms with E-state index in [4.69, 9.17) is 4.74 Å². The fourth-order valence-corrected chi connectivity index (χ4v) is 7.10. The molecule has 0 aromatic carbocycles. The van der Waals surface area contributed by atoms with Crippen molar-refractivity contribution in [1.29, 1.82) is 0 Å². The molecule has 8 nitrogen and oxygen atoms in total. The molecule has 5 rings (SSSR count). The van der Waals surface area contributed by atoms with E-state index >= 15 is 0 Å². The Bertz CT molecular complexity index is 979. The van der Waals surface area contributed by atoms with Crippen LogP contribution in [0.2, 0.25) is 0 Å². The van der Waals surface area contributed by atoms with Crippen molar-refractivity contribution in [3.63, 3.8) is 0 Å². The zero-order valence-electron chi connectivity index (χ0n) is 16.9. The highest BCUT2D eigenvalue weighted by Gasteiger charge is 2.44. The summed E-state index contributed by atoms with van der Waals surface area (Å²) < 4.78 is 33.8. The molecule has 0 atom stereocenters. The first kappa shape index (κ1) is 19.3. The maximum Gasteiger partial charge on any atom is 0.214 e. The molecule has 1 N–H and O–H groups in total. The summed E-state index contributed by atoms with van der Waals surface area (Å²) in [6.45, 7) is 1.56. The lowest BCUT2D eigenvalue weighted by Crippen LogP contribution is -2.54. The molecule has 1 saturated heterocycles. The van der Waals surface area contributed by atoms with E-state index in [0.717, 1.165) is 55.4 Å². The Morgan fingerprint density at radius 1 is 1.31 bits per heavy atom. The average Bonchev–Trinajstić information content (AvgIpc) is 3.33. The first-order valence-corrected chi connectivity index (χ1v) is 12.2. The number of aromatic nitrogens is 3. The van der Waals surface area contributed by atoms with Gasteiger partial charge in [0.1, 0.15) is 17.8 Å². The van der Waals surface area contributed by atoms with Crippen LogP contribution in [-0.4, -0.2) is 71.8 Å². The van der Waals surface area contributed by atoms with E-state index < -0.39 is 10.0 Å². The van der Waals surface area contributed by atoms with Gasteiger partial charge in [0.25, 0.3) is 0 Å². The summed E-state index contributed by atoms with van der Waals surface area (Å²) in [5.41, 5.74) is 0.608. The Morgan fingerprint density at radius 3 is 2.90 bits per heavy atom. The lowest BCUT2D eigenvalue weighted by molar-refractivity contribution is -0.0843. The quantitative estimate of drug-likeness (QED) is 0.798. The van der Waals surface area contributed by atoms with Gasteiger partial charge in [-0.3, -0.25) is 0 Å². The molecule has 0 bridgehead atoms. The number of nitrogens with zero attached hydrogens (tertiary/aromatic N) is 4. The molecule has 2 aromatic heterocycles. The van der Waals surface area contributed by atoms with Crippen LogP contribution in [0.1, 0.15) is 38.5 Å². The number of morpholine rings is 1. The van der Waals surface area contributed by atoms with Crippen LogP contribution in [0.4, 0.5) is 5.82 Å². The number of H-pyrrole nitrogens is 1. The van der Waals surface area contributed by atoms with Crippen LogP contribution < -0.4 is 4.90 Å². The van der Waals surface area contributed by atoms with E-state index in [1.807, 2.05) is 19.3 Å². The molecule has 2 aromatic rings. The molecule has 1 aliphatic heterocycles. The van der Waals surface area contributed by atoms with E-state index in [-0.39, 0.29) is 17.3 Å². The van der Waals surface area contributed by atoms with Crippen LogP contribution in [0, 0.1) is 5.92 Å². The first-order valence-electron chi connectivity index (χ1n) is 10.6. The van der Waals surface area contributed by atoms with Crippen molar-refractivity contribution < 1.29 is 13.2 Å². The molecule has 0 radical (unpaired) electrons. The molecular formula is C20H29N5O3S. The topological polar surface area (TPSA) is 91.4 Å². The highest BCUT2D eigenvalue weighted by atomic mass is 32.2. The normalized spacial score (nSPS) is 27.3. The summed E-state index contributed by atoms with van der Waals surface area (Å²) >= 11 is 0. The van der Waals surface area contributed by atoms with E-state index in [0.29, 0.717) is 25.7 Å². The molecule has 3 fully saturated rings. The van der Waals surface area contributed by atoms with Gasteiger partial charge in [-0.15, -0.1) is 0 Å². The van der Waals surface area contributed by atoms with Crippen LogP contribution in [0.5, 0.6) is 0 Å². The number of nitrogens with one attached hydrogen (secondary N) is 1. The van der Waals surface area contributed by atoms with E-state index in [1.165, 1.54) is 0 Å². The van der Waals surface area contributed by atoms with Crippen molar-refractivity contribution in [1.82, 2.24) is 19.3 Å². The molecule has 0 unspecified atom stereocenters. The monoisotopic (exact) mass is 419 g/mol. The number of hydrogen-bond acceptors (Lipinski definition) is 6. The molecule has 3 heterocycles. The van der Waals surface area contributed by atoms with Gasteiger partial charge in [0.15, 0.2) is 0 Å². The standard InChI is InChI=1S/C20H29N5O3S/c1-24(19-17-4-7-21-18(17)22-14-23-19)16-10-15(11-16)12-29(26,27)25-8-9-28-20(13-25)5-2-3-6-20/h4,7,14-16H,2-3,5-6,8-13H2,1H3,(H,21,22,23)/t15-,16+. The number of ether oxygens (including phenoxy) is 1. The van der Waals surface area contributed by atoms with E-state index in [1.54, 1.807) is 10.6 Å². The second-order valence-corrected chi connectivity index (χ2v) is 10.9. The Labute approximate surface area is 171 Å². The minimum atomic E-state index is -3.24. The van der Waals surface area contributed by atoms with Gasteiger partial charge in [-0.25, -0.2) is 18.4 Å². The lowest BCUT2D eigenvalue weighted by Gasteiger charge is -2.44. The third kappa shape index (κ3) is 3.53. The molecule has 2 saturated carbocycles. The first-order chi connectivity index (χ1) is 14.0. The zero-order valence-corrected chi connectivity index (χ0v) is 17.7. The van der Waals surface area contributed by atoms with Crippen molar-refractivity contribution in [3.8, 4) is 0 Å². The van der Waals surface area contributed by atoms with Gasteiger partial charge in [-0.2, -0.15) is 4.31 Å². The Balaban J connectivity index is 1.20. The third-order valence-electron chi connectivity index (χ3n) is 6.99. The van der Waals surface area contributed by atoms with Crippen LogP contribution in [0.15, 0.2) is 18.6 Å². The predicted molar refractivity (Wildman–Crippen MR) is 111 cm³/mol. The van der Waals surface area contributed by atoms with Gasteiger partial charge >= 0.3 is 0 Å². The van der Waals surface area contributed by atoms with Crippen LogP contribution in [0.25, 0.3) is 11.0 Å². The number of sulfonamides is 1. The molecule has 1 spiro atoms.